The van der Waals surface area contributed by atoms with E-state index in [1.54, 1.807) is 0 Å². The van der Waals surface area contributed by atoms with Crippen molar-refractivity contribution in [1.82, 2.24) is 0 Å². The summed E-state index contributed by atoms with van der Waals surface area (Å²) < 4.78 is 6.84. The smallest absolute Gasteiger partial charge is 0.133 e. The highest BCUT2D eigenvalue weighted by Gasteiger charge is 2.79. The van der Waals surface area contributed by atoms with Gasteiger partial charge in [0.15, 0.2) is 0 Å². The molecule has 4 aliphatic carbocycles. The molecule has 31 heavy (non-hydrogen) atoms. The van der Waals surface area contributed by atoms with E-state index in [0.29, 0.717) is 23.2 Å². The fourth-order valence-electron chi connectivity index (χ4n) is 10.2. The van der Waals surface area contributed by atoms with Crippen LogP contribution in [0.15, 0.2) is 0 Å². The average molecular weight is 429 g/mol. The first-order chi connectivity index (χ1) is 14.7. The predicted octanol–water partition coefficient (Wildman–Crippen LogP) is 7.44. The van der Waals surface area contributed by atoms with Gasteiger partial charge in [0.1, 0.15) is 11.4 Å². The Balaban J connectivity index is 1.34. The van der Waals surface area contributed by atoms with E-state index in [4.69, 9.17) is 4.74 Å². The first-order valence-corrected chi connectivity index (χ1v) is 13.9. The molecular weight excluding hydrogens is 380 g/mol. The van der Waals surface area contributed by atoms with Crippen LogP contribution in [0.25, 0.3) is 0 Å². The maximum atomic E-state index is 12.2. The molecule has 2 heteroatoms. The zero-order valence-electron chi connectivity index (χ0n) is 21.2. The molecule has 4 saturated carbocycles. The van der Waals surface area contributed by atoms with Gasteiger partial charge in [0.05, 0.1) is 6.10 Å². The summed E-state index contributed by atoms with van der Waals surface area (Å²) in [7, 11) is 0. The Morgan fingerprint density at radius 3 is 2.48 bits per heavy atom. The van der Waals surface area contributed by atoms with E-state index in [0.717, 1.165) is 54.8 Å². The molecule has 1 heterocycles. The van der Waals surface area contributed by atoms with Crippen molar-refractivity contribution in [2.45, 2.75) is 124 Å². The Kier molecular flexibility index (Phi) is 5.48. The summed E-state index contributed by atoms with van der Waals surface area (Å²) in [5.41, 5.74) is 0.858. The van der Waals surface area contributed by atoms with Crippen LogP contribution in [0.4, 0.5) is 0 Å². The molecule has 0 aromatic carbocycles. The van der Waals surface area contributed by atoms with E-state index in [9.17, 15) is 4.79 Å². The molecule has 1 saturated heterocycles. The van der Waals surface area contributed by atoms with Crippen molar-refractivity contribution in [2.24, 2.45) is 52.3 Å². The number of carbonyl (C=O) groups excluding carboxylic acids is 1. The molecule has 0 aromatic rings. The molecule has 0 N–H and O–H groups in total. The van der Waals surface area contributed by atoms with Gasteiger partial charge in [-0.25, -0.2) is 0 Å². The molecule has 0 unspecified atom stereocenters. The van der Waals surface area contributed by atoms with Crippen molar-refractivity contribution in [3.05, 3.63) is 0 Å². The summed E-state index contributed by atoms with van der Waals surface area (Å²) in [5.74, 6) is 6.12. The molecule has 5 aliphatic rings. The largest absolute Gasteiger partial charge is 0.365 e. The third-order valence-corrected chi connectivity index (χ3v) is 12.1. The summed E-state index contributed by atoms with van der Waals surface area (Å²) in [5, 5.41) is 0. The number of carbonyl (C=O) groups is 1. The van der Waals surface area contributed by atoms with Crippen molar-refractivity contribution in [2.75, 3.05) is 0 Å². The van der Waals surface area contributed by atoms with Gasteiger partial charge >= 0.3 is 0 Å². The molecule has 0 radical (unpaired) electrons. The van der Waals surface area contributed by atoms with Crippen LogP contribution in [-0.4, -0.2) is 17.5 Å². The highest BCUT2D eigenvalue weighted by molar-refractivity contribution is 5.79. The van der Waals surface area contributed by atoms with Gasteiger partial charge in [0, 0.05) is 18.3 Å². The van der Waals surface area contributed by atoms with E-state index in [1.807, 2.05) is 0 Å². The van der Waals surface area contributed by atoms with Gasteiger partial charge < -0.3 is 4.74 Å². The lowest BCUT2D eigenvalue weighted by molar-refractivity contribution is -0.137. The van der Waals surface area contributed by atoms with Crippen LogP contribution in [0, 0.1) is 52.3 Å². The van der Waals surface area contributed by atoms with Crippen LogP contribution in [0.3, 0.4) is 0 Å². The number of ether oxygens (including phenoxy) is 1. The van der Waals surface area contributed by atoms with Crippen molar-refractivity contribution >= 4 is 5.78 Å². The normalized spacial score (nSPS) is 50.3. The zero-order valence-corrected chi connectivity index (χ0v) is 21.2. The molecule has 5 fully saturated rings. The third kappa shape index (κ3) is 3.08. The number of ketones is 1. The number of Topliss-reactive ketones (excluding diaryl/α,β-unsaturated/α-hetero) is 1. The van der Waals surface area contributed by atoms with E-state index in [1.165, 1.54) is 51.4 Å². The maximum absolute atomic E-state index is 12.2. The second-order valence-electron chi connectivity index (χ2n) is 13.4. The zero-order chi connectivity index (χ0) is 22.2. The Bertz CT molecular complexity index is 714. The van der Waals surface area contributed by atoms with Gasteiger partial charge in [-0.3, -0.25) is 4.79 Å². The quantitative estimate of drug-likeness (QED) is 0.411. The molecule has 5 rings (SSSR count). The SMILES string of the molecule is CC[C@H](CC[C@@H](C)[C@H]1CC[C@H]2[C@@H]3CC[C@H]4CC(=O)CC[C@]4(C)[C@@]34O[C@H]4C[C@]12C)C(C)C. The summed E-state index contributed by atoms with van der Waals surface area (Å²) in [4.78, 5) is 12.2. The minimum atomic E-state index is 0.129. The fraction of sp³-hybridized carbons (Fsp3) is 0.966. The second-order valence-corrected chi connectivity index (χ2v) is 13.4. The molecule has 10 atom stereocenters. The average Bonchev–Trinajstić information content (AvgIpc) is 3.33. The fourth-order valence-corrected chi connectivity index (χ4v) is 10.2. The van der Waals surface area contributed by atoms with Gasteiger partial charge in [-0.1, -0.05) is 54.4 Å². The number of hydrogen-bond donors (Lipinski definition) is 0. The topological polar surface area (TPSA) is 29.6 Å². The van der Waals surface area contributed by atoms with Gasteiger partial charge in [-0.05, 0) is 91.8 Å². The van der Waals surface area contributed by atoms with Gasteiger partial charge in [-0.2, -0.15) is 0 Å². The highest BCUT2D eigenvalue weighted by Crippen LogP contribution is 2.76. The lowest BCUT2D eigenvalue weighted by Crippen LogP contribution is -2.60. The Morgan fingerprint density at radius 1 is 1.03 bits per heavy atom. The highest BCUT2D eigenvalue weighted by atomic mass is 16.6. The molecule has 176 valence electrons. The third-order valence-electron chi connectivity index (χ3n) is 12.1. The second kappa shape index (κ2) is 7.57. The van der Waals surface area contributed by atoms with Crippen molar-refractivity contribution in [1.29, 1.82) is 0 Å². The Labute approximate surface area is 191 Å². The standard InChI is InChI=1S/C29H48O2/c1-7-20(18(2)3)9-8-19(4)23-12-13-24-25-11-10-21-16-22(30)14-15-28(21,6)29(25)26(31-29)17-27(23,24)5/h18-21,23-26H,7-17H2,1-6H3/t19-,20-,21+,23-,24+,25+,26+,27-,28+,29-/m1/s1. The molecule has 1 aliphatic heterocycles. The summed E-state index contributed by atoms with van der Waals surface area (Å²) in [6, 6.07) is 0. The van der Waals surface area contributed by atoms with Crippen molar-refractivity contribution in [3.63, 3.8) is 0 Å². The number of epoxide rings is 1. The molecule has 0 aromatic heterocycles. The molecule has 0 bridgehead atoms. The Morgan fingerprint density at radius 2 is 1.77 bits per heavy atom. The van der Waals surface area contributed by atoms with Crippen molar-refractivity contribution in [3.8, 4) is 0 Å². The lowest BCUT2D eigenvalue weighted by Gasteiger charge is -2.58. The van der Waals surface area contributed by atoms with Crippen LogP contribution < -0.4 is 0 Å². The first kappa shape index (κ1) is 22.4. The van der Waals surface area contributed by atoms with Crippen LogP contribution >= 0.6 is 0 Å². The summed E-state index contributed by atoms with van der Waals surface area (Å²) >= 11 is 0. The summed E-state index contributed by atoms with van der Waals surface area (Å²) in [6.07, 6.45) is 14.1. The van der Waals surface area contributed by atoms with Crippen LogP contribution in [-0.2, 0) is 9.53 Å². The first-order valence-electron chi connectivity index (χ1n) is 13.9. The van der Waals surface area contributed by atoms with Crippen LogP contribution in [0.2, 0.25) is 0 Å². The number of fused-ring (bicyclic) bond motifs is 3. The number of hydrogen-bond acceptors (Lipinski definition) is 2. The molecular formula is C29H48O2. The van der Waals surface area contributed by atoms with Gasteiger partial charge in [0.25, 0.3) is 0 Å². The molecule has 0 amide bonds. The minimum Gasteiger partial charge on any atom is -0.365 e. The van der Waals surface area contributed by atoms with E-state index < -0.39 is 0 Å². The maximum Gasteiger partial charge on any atom is 0.133 e. The van der Waals surface area contributed by atoms with E-state index in [-0.39, 0.29) is 11.0 Å². The summed E-state index contributed by atoms with van der Waals surface area (Å²) in [6.45, 7) is 15.0. The lowest BCUT2D eigenvalue weighted by atomic mass is 9.44. The number of rotatable bonds is 6. The van der Waals surface area contributed by atoms with Crippen LogP contribution in [0.1, 0.15) is 112 Å². The van der Waals surface area contributed by atoms with Crippen LogP contribution in [0.5, 0.6) is 0 Å². The van der Waals surface area contributed by atoms with Crippen molar-refractivity contribution < 1.29 is 9.53 Å². The Hall–Kier alpha value is -0.370. The monoisotopic (exact) mass is 428 g/mol. The predicted molar refractivity (Wildman–Crippen MR) is 127 cm³/mol. The van der Waals surface area contributed by atoms with Gasteiger partial charge in [0.2, 0.25) is 0 Å². The minimum absolute atomic E-state index is 0.129. The molecule has 2 nitrogen and oxygen atoms in total. The molecule has 1 spiro atoms. The van der Waals surface area contributed by atoms with Gasteiger partial charge in [-0.15, -0.1) is 0 Å². The van der Waals surface area contributed by atoms with E-state index >= 15 is 0 Å². The van der Waals surface area contributed by atoms with E-state index in [2.05, 4.69) is 41.5 Å².